The third-order valence-corrected chi connectivity index (χ3v) is 6.48. The molecule has 0 aliphatic carbocycles. The van der Waals surface area contributed by atoms with E-state index in [1.165, 1.54) is 16.1 Å². The number of aromatic nitrogens is 2. The predicted molar refractivity (Wildman–Crippen MR) is 116 cm³/mol. The van der Waals surface area contributed by atoms with Gasteiger partial charge in [-0.25, -0.2) is 4.98 Å². The molecule has 0 radical (unpaired) electrons. The van der Waals surface area contributed by atoms with Gasteiger partial charge < -0.3 is 28.5 Å². The molecule has 2 saturated heterocycles. The van der Waals surface area contributed by atoms with Crippen LogP contribution in [0, 0.1) is 13.8 Å². The number of aryl methyl sites for hydroxylation is 2. The highest BCUT2D eigenvalue weighted by Gasteiger charge is 2.46. The smallest absolute Gasteiger partial charge is 0.295 e. The lowest BCUT2D eigenvalue weighted by atomic mass is 10.0. The number of ketones is 1. The van der Waals surface area contributed by atoms with Crippen LogP contribution >= 0.6 is 0 Å². The average Bonchev–Trinajstić information content (AvgIpc) is 3.51. The molecule has 9 nitrogen and oxygen atoms in total. The van der Waals surface area contributed by atoms with Crippen LogP contribution in [0.3, 0.4) is 0 Å². The van der Waals surface area contributed by atoms with E-state index < -0.39 is 23.5 Å². The molecule has 33 heavy (non-hydrogen) atoms. The molecule has 3 aromatic rings. The minimum atomic E-state index is -0.859. The van der Waals surface area contributed by atoms with Crippen molar-refractivity contribution in [1.29, 1.82) is 0 Å². The van der Waals surface area contributed by atoms with Crippen molar-refractivity contribution in [2.45, 2.75) is 19.9 Å². The van der Waals surface area contributed by atoms with Gasteiger partial charge in [-0.2, -0.15) is 0 Å². The largest absolute Gasteiger partial charge is 0.871 e. The first-order chi connectivity index (χ1) is 16.0. The van der Waals surface area contributed by atoms with Crippen LogP contribution in [0.1, 0.15) is 28.8 Å². The maximum atomic E-state index is 13.8. The summed E-state index contributed by atoms with van der Waals surface area (Å²) < 4.78 is 12.7. The molecule has 3 aromatic heterocycles. The van der Waals surface area contributed by atoms with Crippen molar-refractivity contribution in [2.75, 3.05) is 39.4 Å². The Hall–Kier alpha value is -3.43. The van der Waals surface area contributed by atoms with Gasteiger partial charge in [-0.05, 0) is 37.6 Å². The van der Waals surface area contributed by atoms with Crippen LogP contribution in [0.2, 0.25) is 0 Å². The zero-order valence-corrected chi connectivity index (χ0v) is 18.7. The summed E-state index contributed by atoms with van der Waals surface area (Å²) in [4.78, 5) is 33.6. The van der Waals surface area contributed by atoms with E-state index in [0.29, 0.717) is 49.1 Å². The number of amides is 1. The molecule has 172 valence electrons. The lowest BCUT2D eigenvalue weighted by Gasteiger charge is -2.29. The van der Waals surface area contributed by atoms with Crippen LogP contribution in [-0.2, 0) is 14.3 Å². The van der Waals surface area contributed by atoms with E-state index in [9.17, 15) is 14.7 Å². The zero-order chi connectivity index (χ0) is 23.1. The standard InChI is InChI=1S/C24H26N4O5/c1-15-5-3-7-27-19(16(2)25-23(15)27)21(29)18-20(17-6-4-12-33-17)28(24(31)22(18)30)9-8-26-10-13-32-14-11-26/h3-7,12,20,29H,8-11,13-14H2,1-2H3. The second kappa shape index (κ2) is 8.49. The average molecular weight is 450 g/mol. The summed E-state index contributed by atoms with van der Waals surface area (Å²) in [6.07, 6.45) is 3.23. The number of hydrogen-bond acceptors (Lipinski definition) is 6. The van der Waals surface area contributed by atoms with Gasteiger partial charge >= 0.3 is 0 Å². The minimum Gasteiger partial charge on any atom is -0.871 e. The highest BCUT2D eigenvalue weighted by atomic mass is 16.5. The summed E-state index contributed by atoms with van der Waals surface area (Å²) in [5.41, 5.74) is 2.28. The van der Waals surface area contributed by atoms with Gasteiger partial charge in [0.15, 0.2) is 0 Å². The van der Waals surface area contributed by atoms with Gasteiger partial charge in [0.25, 0.3) is 5.91 Å². The fourth-order valence-corrected chi connectivity index (χ4v) is 4.75. The molecule has 1 unspecified atom stereocenters. The molecule has 5 heterocycles. The van der Waals surface area contributed by atoms with Gasteiger partial charge in [0.2, 0.25) is 5.78 Å². The fraction of sp³-hybridized carbons (Fsp3) is 0.375. The van der Waals surface area contributed by atoms with Crippen LogP contribution in [-0.4, -0.2) is 65.4 Å². The maximum absolute atomic E-state index is 13.8. The number of pyridine rings is 1. The van der Waals surface area contributed by atoms with Crippen molar-refractivity contribution in [3.05, 3.63) is 65.0 Å². The van der Waals surface area contributed by atoms with Gasteiger partial charge in [-0.15, -0.1) is 0 Å². The van der Waals surface area contributed by atoms with Crippen LogP contribution in [0.15, 0.2) is 46.7 Å². The summed E-state index contributed by atoms with van der Waals surface area (Å²) in [6, 6.07) is 6.27. The number of hydrogen-bond donors (Lipinski definition) is 1. The SMILES string of the molecule is Cc1nc2c(C)cccn2c1C([O-])=C1C(=O)C(=O)N(CC[NH+]2CCOCC2)C1c1ccco1. The molecular formula is C24H26N4O5. The Bertz CT molecular complexity index is 1240. The summed E-state index contributed by atoms with van der Waals surface area (Å²) >= 11 is 0. The number of carbonyl (C=O) groups is 2. The fourth-order valence-electron chi connectivity index (χ4n) is 4.75. The summed E-state index contributed by atoms with van der Waals surface area (Å²) in [5, 5.41) is 13.8. The van der Waals surface area contributed by atoms with E-state index in [2.05, 4.69) is 4.98 Å². The third kappa shape index (κ3) is 3.63. The van der Waals surface area contributed by atoms with Crippen molar-refractivity contribution < 1.29 is 28.7 Å². The number of rotatable bonds is 5. The monoisotopic (exact) mass is 450 g/mol. The first-order valence-corrected chi connectivity index (χ1v) is 11.1. The van der Waals surface area contributed by atoms with Crippen molar-refractivity contribution in [2.24, 2.45) is 0 Å². The molecule has 1 atom stereocenters. The number of morpholine rings is 1. The third-order valence-electron chi connectivity index (χ3n) is 6.48. The molecule has 5 rings (SSSR count). The number of imidazole rings is 1. The Morgan fingerprint density at radius 2 is 2.00 bits per heavy atom. The van der Waals surface area contributed by atoms with Crippen molar-refractivity contribution >= 4 is 23.1 Å². The number of quaternary nitrogens is 1. The Morgan fingerprint density at radius 1 is 1.21 bits per heavy atom. The summed E-state index contributed by atoms with van der Waals surface area (Å²) in [7, 11) is 0. The maximum Gasteiger partial charge on any atom is 0.295 e. The Kier molecular flexibility index (Phi) is 5.51. The van der Waals surface area contributed by atoms with E-state index in [0.717, 1.165) is 18.7 Å². The van der Waals surface area contributed by atoms with Crippen molar-refractivity contribution in [3.8, 4) is 0 Å². The number of ether oxygens (including phenoxy) is 1. The quantitative estimate of drug-likeness (QED) is 0.325. The normalized spacial score (nSPS) is 21.4. The Labute approximate surface area is 190 Å². The predicted octanol–water partition coefficient (Wildman–Crippen LogP) is -0.317. The summed E-state index contributed by atoms with van der Waals surface area (Å²) in [6.45, 7) is 7.69. The highest BCUT2D eigenvalue weighted by molar-refractivity contribution is 6.46. The molecule has 2 aliphatic heterocycles. The van der Waals surface area contributed by atoms with E-state index in [-0.39, 0.29) is 5.57 Å². The lowest BCUT2D eigenvalue weighted by molar-refractivity contribution is -0.907. The van der Waals surface area contributed by atoms with Gasteiger partial charge in [-0.1, -0.05) is 11.8 Å². The number of carbonyl (C=O) groups excluding carboxylic acids is 2. The van der Waals surface area contributed by atoms with Crippen molar-refractivity contribution in [3.63, 3.8) is 0 Å². The van der Waals surface area contributed by atoms with Gasteiger partial charge in [0.05, 0.1) is 44.0 Å². The molecule has 0 saturated carbocycles. The van der Waals surface area contributed by atoms with Crippen LogP contribution in [0.25, 0.3) is 11.4 Å². The second-order valence-electron chi connectivity index (χ2n) is 8.53. The lowest BCUT2D eigenvalue weighted by Crippen LogP contribution is -3.14. The number of fused-ring (bicyclic) bond motifs is 1. The number of likely N-dealkylation sites (tertiary alicyclic amines) is 1. The highest BCUT2D eigenvalue weighted by Crippen LogP contribution is 2.39. The van der Waals surface area contributed by atoms with E-state index >= 15 is 0 Å². The topological polar surface area (TPSA) is 105 Å². The Balaban J connectivity index is 1.59. The van der Waals surface area contributed by atoms with E-state index in [1.54, 1.807) is 29.7 Å². The molecule has 2 fully saturated rings. The molecule has 0 aromatic carbocycles. The first kappa shape index (κ1) is 21.4. The Morgan fingerprint density at radius 3 is 2.73 bits per heavy atom. The number of nitrogens with one attached hydrogen (secondary N) is 1. The molecule has 2 aliphatic rings. The van der Waals surface area contributed by atoms with Gasteiger partial charge in [0, 0.05) is 11.8 Å². The molecule has 0 spiro atoms. The molecule has 1 N–H and O–H groups in total. The van der Waals surface area contributed by atoms with E-state index in [1.807, 2.05) is 19.1 Å². The molecule has 0 bridgehead atoms. The molecule has 9 heteroatoms. The molecule has 1 amide bonds. The number of nitrogens with zero attached hydrogens (tertiary/aromatic N) is 3. The van der Waals surface area contributed by atoms with Crippen LogP contribution in [0.4, 0.5) is 0 Å². The minimum absolute atomic E-state index is 0.0849. The van der Waals surface area contributed by atoms with Gasteiger partial charge in [0.1, 0.15) is 30.5 Å². The van der Waals surface area contributed by atoms with Gasteiger partial charge in [-0.3, -0.25) is 9.59 Å². The molecular weight excluding hydrogens is 424 g/mol. The number of Topliss-reactive ketones (excluding diaryl/α,β-unsaturated/α-hetero) is 1. The number of furan rings is 1. The zero-order valence-electron chi connectivity index (χ0n) is 18.7. The first-order valence-electron chi connectivity index (χ1n) is 11.1. The second-order valence-corrected chi connectivity index (χ2v) is 8.53. The van der Waals surface area contributed by atoms with Crippen LogP contribution in [0.5, 0.6) is 0 Å². The van der Waals surface area contributed by atoms with Crippen molar-refractivity contribution in [1.82, 2.24) is 14.3 Å². The summed E-state index contributed by atoms with van der Waals surface area (Å²) in [5.74, 6) is -1.54. The van der Waals surface area contributed by atoms with Crippen LogP contribution < -0.4 is 10.0 Å². The van der Waals surface area contributed by atoms with E-state index in [4.69, 9.17) is 9.15 Å².